The maximum atomic E-state index is 5.85. The molecule has 0 radical (unpaired) electrons. The van der Waals surface area contributed by atoms with E-state index in [1.54, 1.807) is 4.90 Å². The summed E-state index contributed by atoms with van der Waals surface area (Å²) in [6, 6.07) is 10.4. The first-order chi connectivity index (χ1) is 9.65. The van der Waals surface area contributed by atoms with Crippen molar-refractivity contribution in [1.29, 1.82) is 0 Å². The van der Waals surface area contributed by atoms with Crippen molar-refractivity contribution in [1.82, 2.24) is 4.90 Å². The third-order valence-electron chi connectivity index (χ3n) is 3.62. The van der Waals surface area contributed by atoms with E-state index < -0.39 is 0 Å². The van der Waals surface area contributed by atoms with Crippen molar-refractivity contribution in [2.45, 2.75) is 25.8 Å². The summed E-state index contributed by atoms with van der Waals surface area (Å²) in [5, 5.41) is 1.20. The Morgan fingerprint density at radius 1 is 1.10 bits per heavy atom. The summed E-state index contributed by atoms with van der Waals surface area (Å²) in [5.74, 6) is 1.06. The van der Waals surface area contributed by atoms with Gasteiger partial charge in [0.05, 0.1) is 27.2 Å². The zero-order chi connectivity index (χ0) is 14.4. The number of para-hydroxylation sites is 1. The largest absolute Gasteiger partial charge is 0.460 e. The highest BCUT2D eigenvalue weighted by Crippen LogP contribution is 2.19. The molecule has 0 aliphatic carbocycles. The van der Waals surface area contributed by atoms with E-state index in [9.17, 15) is 0 Å². The first-order valence-corrected chi connectivity index (χ1v) is 7.60. The summed E-state index contributed by atoms with van der Waals surface area (Å²) in [6.45, 7) is 3.31. The van der Waals surface area contributed by atoms with Gasteiger partial charge in [-0.3, -0.25) is 4.90 Å². The zero-order valence-electron chi connectivity index (χ0n) is 13.0. The molecule has 0 aliphatic heterocycles. The smallest absolute Gasteiger partial charge is 0.134 e. The molecule has 0 aliphatic rings. The summed E-state index contributed by atoms with van der Waals surface area (Å²) >= 11 is 0. The number of benzene rings is 1. The molecule has 0 atom stereocenters. The second-order valence-electron chi connectivity index (χ2n) is 6.01. The number of unbranched alkanes of at least 4 members (excludes halogenated alkanes) is 2. The Kier molecular flexibility index (Phi) is 5.62. The van der Waals surface area contributed by atoms with E-state index in [-0.39, 0.29) is 0 Å². The number of hydrogen-bond acceptors (Lipinski definition) is 2. The standard InChI is InChI=1S/C17H26N2O/c1-18(2)11-7-4-8-12-19(3)14-16-13-15-9-5-6-10-17(15)20-16/h5-6,9-10,13H,4,7-8,11-12,14H2,1-3H3/p+1. The molecule has 0 amide bonds. The molecule has 0 fully saturated rings. The summed E-state index contributed by atoms with van der Waals surface area (Å²) in [7, 11) is 6.60. The fourth-order valence-electron chi connectivity index (χ4n) is 2.50. The van der Waals surface area contributed by atoms with Crippen molar-refractivity contribution in [3.63, 3.8) is 0 Å². The predicted octanol–water partition coefficient (Wildman–Crippen LogP) is 2.18. The van der Waals surface area contributed by atoms with Gasteiger partial charge in [0.1, 0.15) is 11.3 Å². The second-order valence-corrected chi connectivity index (χ2v) is 6.01. The van der Waals surface area contributed by atoms with Crippen LogP contribution >= 0.6 is 0 Å². The molecule has 0 saturated carbocycles. The Bertz CT molecular complexity index is 485. The molecule has 0 unspecified atom stereocenters. The summed E-state index contributed by atoms with van der Waals surface area (Å²) in [6.07, 6.45) is 3.90. The van der Waals surface area contributed by atoms with Crippen LogP contribution < -0.4 is 4.90 Å². The average molecular weight is 275 g/mol. The van der Waals surface area contributed by atoms with E-state index in [2.05, 4.69) is 44.2 Å². The number of fused-ring (bicyclic) bond motifs is 1. The van der Waals surface area contributed by atoms with Gasteiger partial charge in [-0.15, -0.1) is 0 Å². The van der Waals surface area contributed by atoms with E-state index in [1.165, 1.54) is 31.2 Å². The fraction of sp³-hybridized carbons (Fsp3) is 0.529. The minimum atomic E-state index is 0.896. The Labute approximate surface area is 122 Å². The van der Waals surface area contributed by atoms with Gasteiger partial charge in [-0.05, 0) is 45.0 Å². The normalized spacial score (nSPS) is 11.8. The monoisotopic (exact) mass is 275 g/mol. The Hall–Kier alpha value is -1.32. The van der Waals surface area contributed by atoms with Gasteiger partial charge in [0.2, 0.25) is 0 Å². The average Bonchev–Trinajstić information content (AvgIpc) is 2.79. The molecule has 1 aromatic carbocycles. The molecule has 3 heteroatoms. The van der Waals surface area contributed by atoms with Crippen molar-refractivity contribution in [3.05, 3.63) is 36.1 Å². The van der Waals surface area contributed by atoms with Gasteiger partial charge in [0.25, 0.3) is 0 Å². The van der Waals surface area contributed by atoms with Crippen molar-refractivity contribution >= 4 is 11.0 Å². The van der Waals surface area contributed by atoms with E-state index in [1.807, 2.05) is 12.1 Å². The molecule has 0 bridgehead atoms. The van der Waals surface area contributed by atoms with Gasteiger partial charge in [-0.25, -0.2) is 0 Å². The highest BCUT2D eigenvalue weighted by atomic mass is 16.3. The quantitative estimate of drug-likeness (QED) is 0.746. The summed E-state index contributed by atoms with van der Waals surface area (Å²) in [4.78, 5) is 3.89. The lowest BCUT2D eigenvalue weighted by atomic mass is 10.2. The molecule has 1 aromatic heterocycles. The summed E-state index contributed by atoms with van der Waals surface area (Å²) in [5.41, 5.74) is 0.991. The minimum absolute atomic E-state index is 0.896. The van der Waals surface area contributed by atoms with Crippen LogP contribution in [0.15, 0.2) is 34.7 Å². The van der Waals surface area contributed by atoms with Crippen molar-refractivity contribution < 1.29 is 9.32 Å². The Morgan fingerprint density at radius 3 is 2.65 bits per heavy atom. The lowest BCUT2D eigenvalue weighted by Gasteiger charge is -2.15. The van der Waals surface area contributed by atoms with Crippen molar-refractivity contribution in [2.75, 3.05) is 34.2 Å². The van der Waals surface area contributed by atoms with Crippen LogP contribution in [-0.4, -0.2) is 39.1 Å². The topological polar surface area (TPSA) is 20.8 Å². The number of hydrogen-bond donors (Lipinski definition) is 1. The molecular weight excluding hydrogens is 248 g/mol. The highest BCUT2D eigenvalue weighted by Gasteiger charge is 2.06. The molecule has 2 aromatic rings. The van der Waals surface area contributed by atoms with Crippen LogP contribution in [0.3, 0.4) is 0 Å². The van der Waals surface area contributed by atoms with Crippen molar-refractivity contribution in [3.8, 4) is 0 Å². The SMILES string of the molecule is CN(CCCCC[NH+](C)C)Cc1cc2ccccc2o1. The van der Waals surface area contributed by atoms with Crippen LogP contribution in [0.2, 0.25) is 0 Å². The van der Waals surface area contributed by atoms with Gasteiger partial charge in [-0.2, -0.15) is 0 Å². The molecule has 0 saturated heterocycles. The lowest BCUT2D eigenvalue weighted by molar-refractivity contribution is -0.858. The molecule has 1 heterocycles. The molecule has 20 heavy (non-hydrogen) atoms. The Morgan fingerprint density at radius 2 is 1.90 bits per heavy atom. The van der Waals surface area contributed by atoms with Gasteiger partial charge < -0.3 is 9.32 Å². The number of rotatable bonds is 8. The zero-order valence-corrected chi connectivity index (χ0v) is 13.0. The van der Waals surface area contributed by atoms with Gasteiger partial charge in [0, 0.05) is 5.39 Å². The first-order valence-electron chi connectivity index (χ1n) is 7.60. The van der Waals surface area contributed by atoms with Crippen LogP contribution in [0.5, 0.6) is 0 Å². The van der Waals surface area contributed by atoms with Crippen molar-refractivity contribution in [2.24, 2.45) is 0 Å². The van der Waals surface area contributed by atoms with Gasteiger partial charge in [0.15, 0.2) is 0 Å². The highest BCUT2D eigenvalue weighted by molar-refractivity contribution is 5.77. The van der Waals surface area contributed by atoms with Crippen LogP contribution in [-0.2, 0) is 6.54 Å². The van der Waals surface area contributed by atoms with Crippen LogP contribution in [0.4, 0.5) is 0 Å². The Balaban J connectivity index is 1.72. The molecule has 110 valence electrons. The molecule has 1 N–H and O–H groups in total. The number of quaternary nitrogens is 1. The predicted molar refractivity (Wildman–Crippen MR) is 84.1 cm³/mol. The number of furan rings is 1. The van der Waals surface area contributed by atoms with Gasteiger partial charge >= 0.3 is 0 Å². The van der Waals surface area contributed by atoms with E-state index >= 15 is 0 Å². The van der Waals surface area contributed by atoms with Crippen LogP contribution in [0.25, 0.3) is 11.0 Å². The first kappa shape index (κ1) is 15.1. The number of nitrogens with zero attached hydrogens (tertiary/aromatic N) is 1. The van der Waals surface area contributed by atoms with E-state index in [0.29, 0.717) is 0 Å². The maximum absolute atomic E-state index is 5.85. The van der Waals surface area contributed by atoms with Crippen LogP contribution in [0, 0.1) is 0 Å². The molecule has 2 rings (SSSR count). The molecule has 3 nitrogen and oxygen atoms in total. The lowest BCUT2D eigenvalue weighted by Crippen LogP contribution is -3.05. The second kappa shape index (κ2) is 7.46. The maximum Gasteiger partial charge on any atom is 0.134 e. The molecule has 0 spiro atoms. The van der Waals surface area contributed by atoms with Gasteiger partial charge in [-0.1, -0.05) is 18.2 Å². The minimum Gasteiger partial charge on any atom is -0.460 e. The number of nitrogens with one attached hydrogen (secondary N) is 1. The van der Waals surface area contributed by atoms with E-state index in [0.717, 1.165) is 24.4 Å². The van der Waals surface area contributed by atoms with E-state index in [4.69, 9.17) is 4.42 Å². The molecular formula is C17H27N2O+. The van der Waals surface area contributed by atoms with Crippen LogP contribution in [0.1, 0.15) is 25.0 Å². The third kappa shape index (κ3) is 4.66. The fourth-order valence-corrected chi connectivity index (χ4v) is 2.50. The summed E-state index contributed by atoms with van der Waals surface area (Å²) < 4.78 is 5.85. The third-order valence-corrected chi connectivity index (χ3v) is 3.62.